The predicted molar refractivity (Wildman–Crippen MR) is 153 cm³/mol. The molecule has 1 aliphatic rings. The van der Waals surface area contributed by atoms with E-state index in [0.29, 0.717) is 0 Å². The minimum Gasteiger partial charge on any atom is -0.461 e. The van der Waals surface area contributed by atoms with Crippen LogP contribution in [-0.4, -0.2) is 0 Å². The maximum absolute atomic E-state index is 5.94. The van der Waals surface area contributed by atoms with Gasteiger partial charge in [0.15, 0.2) is 0 Å². The molecular formula is C34H29NO. The molecule has 1 heterocycles. The highest BCUT2D eigenvalue weighted by Gasteiger charge is 2.35. The summed E-state index contributed by atoms with van der Waals surface area (Å²) in [6.45, 7) is 10.4. The number of hydrogen-bond acceptors (Lipinski definition) is 2. The first-order chi connectivity index (χ1) is 17.5. The predicted octanol–water partition coefficient (Wildman–Crippen LogP) is 9.66. The van der Waals surface area contributed by atoms with Gasteiger partial charge in [-0.2, -0.15) is 0 Å². The van der Waals surface area contributed by atoms with Crippen LogP contribution >= 0.6 is 0 Å². The largest absolute Gasteiger partial charge is 0.461 e. The molecule has 1 aliphatic carbocycles. The number of anilines is 2. The van der Waals surface area contributed by atoms with Crippen molar-refractivity contribution in [2.75, 3.05) is 5.32 Å². The molecule has 36 heavy (non-hydrogen) atoms. The fourth-order valence-electron chi connectivity index (χ4n) is 5.48. The summed E-state index contributed by atoms with van der Waals surface area (Å²) in [5.41, 5.74) is 12.0. The van der Waals surface area contributed by atoms with Gasteiger partial charge in [-0.15, -0.1) is 0 Å². The first-order valence-corrected chi connectivity index (χ1v) is 12.4. The molecule has 0 saturated heterocycles. The van der Waals surface area contributed by atoms with Crippen molar-refractivity contribution >= 4 is 28.4 Å². The van der Waals surface area contributed by atoms with Crippen molar-refractivity contribution in [3.63, 3.8) is 0 Å². The molecule has 2 nitrogen and oxygen atoms in total. The van der Waals surface area contributed by atoms with Crippen LogP contribution in [0.5, 0.6) is 0 Å². The number of nitrogens with one attached hydrogen (secondary N) is 1. The molecule has 4 aromatic carbocycles. The van der Waals surface area contributed by atoms with Gasteiger partial charge in [-0.3, -0.25) is 0 Å². The zero-order valence-corrected chi connectivity index (χ0v) is 20.9. The molecule has 176 valence electrons. The Morgan fingerprint density at radius 1 is 0.778 bits per heavy atom. The molecule has 0 radical (unpaired) electrons. The molecule has 0 fully saturated rings. The zero-order chi connectivity index (χ0) is 24.9. The van der Waals surface area contributed by atoms with Gasteiger partial charge in [-0.05, 0) is 76.7 Å². The van der Waals surface area contributed by atoms with Gasteiger partial charge in [0.05, 0.1) is 0 Å². The lowest BCUT2D eigenvalue weighted by Gasteiger charge is -2.22. The van der Waals surface area contributed by atoms with Crippen molar-refractivity contribution in [2.24, 2.45) is 0 Å². The molecule has 0 bridgehead atoms. The van der Waals surface area contributed by atoms with Gasteiger partial charge in [-0.25, -0.2) is 0 Å². The van der Waals surface area contributed by atoms with Crippen LogP contribution in [0.3, 0.4) is 0 Å². The second-order valence-electron chi connectivity index (χ2n) is 10.0. The maximum atomic E-state index is 5.94. The fourth-order valence-corrected chi connectivity index (χ4v) is 5.48. The van der Waals surface area contributed by atoms with E-state index in [0.717, 1.165) is 33.7 Å². The van der Waals surface area contributed by atoms with Crippen molar-refractivity contribution in [1.29, 1.82) is 0 Å². The van der Waals surface area contributed by atoms with Gasteiger partial charge in [-0.1, -0.05) is 87.2 Å². The summed E-state index contributed by atoms with van der Waals surface area (Å²) in [6.07, 6.45) is 5.79. The molecular weight excluding hydrogens is 438 g/mol. The smallest absolute Gasteiger partial charge is 0.134 e. The number of aryl methyl sites for hydroxylation is 1. The van der Waals surface area contributed by atoms with Crippen molar-refractivity contribution in [3.8, 4) is 22.3 Å². The number of fused-ring (bicyclic) bond motifs is 4. The molecule has 0 saturated carbocycles. The number of rotatable bonds is 5. The summed E-state index contributed by atoms with van der Waals surface area (Å²) < 4.78 is 5.94. The van der Waals surface area contributed by atoms with Gasteiger partial charge in [0.25, 0.3) is 0 Å². The van der Waals surface area contributed by atoms with Crippen molar-refractivity contribution in [3.05, 3.63) is 126 Å². The Bertz CT molecular complexity index is 1650. The van der Waals surface area contributed by atoms with E-state index in [2.05, 4.69) is 117 Å². The van der Waals surface area contributed by atoms with E-state index in [1.807, 2.05) is 13.0 Å². The van der Waals surface area contributed by atoms with Crippen LogP contribution in [0.15, 0.2) is 108 Å². The van der Waals surface area contributed by atoms with Gasteiger partial charge in [0, 0.05) is 27.7 Å². The molecule has 6 rings (SSSR count). The van der Waals surface area contributed by atoms with E-state index in [1.165, 1.54) is 33.4 Å². The average molecular weight is 468 g/mol. The number of hydrogen-bond donors (Lipinski definition) is 1. The maximum Gasteiger partial charge on any atom is 0.134 e. The monoisotopic (exact) mass is 467 g/mol. The van der Waals surface area contributed by atoms with Crippen LogP contribution in [0.25, 0.3) is 39.3 Å². The standard InChI is InChI=1S/C34H29NO/c1-5-6-9-27-22(2)36-33-19-14-24(20-30(27)33)23-12-15-25(16-13-23)35-26-17-18-29-28-10-7-8-11-31(28)34(3,4)32(29)21-26/h5-21,35H,1H2,2-4H3/b9-6-. The molecule has 0 atom stereocenters. The average Bonchev–Trinajstić information content (AvgIpc) is 3.33. The van der Waals surface area contributed by atoms with E-state index in [-0.39, 0.29) is 5.41 Å². The van der Waals surface area contributed by atoms with Crippen LogP contribution in [0.1, 0.15) is 36.3 Å². The number of allylic oxidation sites excluding steroid dienone is 2. The summed E-state index contributed by atoms with van der Waals surface area (Å²) in [7, 11) is 0. The molecule has 0 unspecified atom stereocenters. The first kappa shape index (κ1) is 22.2. The summed E-state index contributed by atoms with van der Waals surface area (Å²) in [4.78, 5) is 0. The van der Waals surface area contributed by atoms with E-state index >= 15 is 0 Å². The minimum atomic E-state index is -0.00271. The van der Waals surface area contributed by atoms with Gasteiger partial charge in [0.1, 0.15) is 11.3 Å². The lowest BCUT2D eigenvalue weighted by molar-refractivity contribution is 0.577. The van der Waals surface area contributed by atoms with Crippen molar-refractivity contribution in [2.45, 2.75) is 26.2 Å². The Morgan fingerprint density at radius 2 is 1.50 bits per heavy atom. The topological polar surface area (TPSA) is 25.2 Å². The number of furan rings is 1. The Morgan fingerprint density at radius 3 is 2.31 bits per heavy atom. The van der Waals surface area contributed by atoms with Gasteiger partial charge >= 0.3 is 0 Å². The highest BCUT2D eigenvalue weighted by Crippen LogP contribution is 2.49. The molecule has 1 N–H and O–H groups in total. The Kier molecular flexibility index (Phi) is 5.19. The normalized spacial score (nSPS) is 13.6. The second kappa shape index (κ2) is 8.42. The minimum absolute atomic E-state index is 0.00271. The Labute approximate surface area is 212 Å². The van der Waals surface area contributed by atoms with Crippen LogP contribution in [0, 0.1) is 6.92 Å². The first-order valence-electron chi connectivity index (χ1n) is 12.4. The van der Waals surface area contributed by atoms with Crippen molar-refractivity contribution < 1.29 is 4.42 Å². The van der Waals surface area contributed by atoms with Gasteiger partial charge in [0.2, 0.25) is 0 Å². The SMILES string of the molecule is C=C/C=C\c1c(C)oc2ccc(-c3ccc(Nc4ccc5c(c4)C(C)(C)c4ccccc4-5)cc3)cc12. The quantitative estimate of drug-likeness (QED) is 0.260. The Hall–Kier alpha value is -4.30. The highest BCUT2D eigenvalue weighted by atomic mass is 16.3. The lowest BCUT2D eigenvalue weighted by atomic mass is 9.82. The molecule has 2 heteroatoms. The fraction of sp³-hybridized carbons (Fsp3) is 0.118. The van der Waals surface area contributed by atoms with E-state index < -0.39 is 0 Å². The van der Waals surface area contributed by atoms with E-state index in [4.69, 9.17) is 4.42 Å². The molecule has 1 aromatic heterocycles. The summed E-state index contributed by atoms with van der Waals surface area (Å²) in [5, 5.41) is 4.73. The highest BCUT2D eigenvalue weighted by molar-refractivity contribution is 5.92. The van der Waals surface area contributed by atoms with E-state index in [1.54, 1.807) is 6.08 Å². The lowest BCUT2D eigenvalue weighted by Crippen LogP contribution is -2.15. The van der Waals surface area contributed by atoms with Crippen LogP contribution < -0.4 is 5.32 Å². The third kappa shape index (κ3) is 3.58. The van der Waals surface area contributed by atoms with Crippen LogP contribution in [0.2, 0.25) is 0 Å². The summed E-state index contributed by atoms with van der Waals surface area (Å²) in [6, 6.07) is 30.5. The molecule has 0 amide bonds. The van der Waals surface area contributed by atoms with Crippen molar-refractivity contribution in [1.82, 2.24) is 0 Å². The molecule has 5 aromatic rings. The second-order valence-corrected chi connectivity index (χ2v) is 10.0. The van der Waals surface area contributed by atoms with Crippen LogP contribution in [-0.2, 0) is 5.41 Å². The number of benzene rings is 4. The van der Waals surface area contributed by atoms with Gasteiger partial charge < -0.3 is 9.73 Å². The summed E-state index contributed by atoms with van der Waals surface area (Å²) in [5.74, 6) is 0.917. The van der Waals surface area contributed by atoms with E-state index in [9.17, 15) is 0 Å². The van der Waals surface area contributed by atoms with Crippen LogP contribution in [0.4, 0.5) is 11.4 Å². The molecule has 0 aliphatic heterocycles. The summed E-state index contributed by atoms with van der Waals surface area (Å²) >= 11 is 0. The Balaban J connectivity index is 1.28. The molecule has 0 spiro atoms. The third-order valence-corrected chi connectivity index (χ3v) is 7.40. The third-order valence-electron chi connectivity index (χ3n) is 7.40. The zero-order valence-electron chi connectivity index (χ0n) is 20.9.